The molecule has 1 aliphatic carbocycles. The van der Waals surface area contributed by atoms with Gasteiger partial charge in [0, 0.05) is 24.4 Å². The molecule has 3 aromatic rings. The third-order valence-electron chi connectivity index (χ3n) is 5.08. The molecule has 1 N–H and O–H groups in total. The summed E-state index contributed by atoms with van der Waals surface area (Å²) in [7, 11) is 0. The van der Waals surface area contributed by atoms with Crippen LogP contribution >= 0.6 is 34.8 Å². The van der Waals surface area contributed by atoms with Crippen LogP contribution in [0.3, 0.4) is 0 Å². The van der Waals surface area contributed by atoms with Crippen molar-refractivity contribution in [1.82, 2.24) is 5.32 Å². The van der Waals surface area contributed by atoms with E-state index in [2.05, 4.69) is 41.4 Å². The van der Waals surface area contributed by atoms with E-state index in [1.807, 2.05) is 24.3 Å². The van der Waals surface area contributed by atoms with Gasteiger partial charge >= 0.3 is 6.09 Å². The molecule has 0 unspecified atom stereocenters. The second kappa shape index (κ2) is 9.66. The summed E-state index contributed by atoms with van der Waals surface area (Å²) in [6.45, 7) is 0.659. The number of fused-ring (bicyclic) bond motifs is 3. The van der Waals surface area contributed by atoms with Crippen molar-refractivity contribution in [1.29, 1.82) is 0 Å². The highest BCUT2D eigenvalue weighted by atomic mass is 35.5. The average Bonchev–Trinajstić information content (AvgIpc) is 3.09. The van der Waals surface area contributed by atoms with Crippen molar-refractivity contribution in [2.24, 2.45) is 0 Å². The molecule has 1 amide bonds. The molecule has 156 valence electrons. The van der Waals surface area contributed by atoms with Crippen LogP contribution in [0, 0.1) is 11.8 Å². The van der Waals surface area contributed by atoms with Gasteiger partial charge in [-0.1, -0.05) is 95.2 Å². The lowest BCUT2D eigenvalue weighted by Crippen LogP contribution is -2.26. The number of ether oxygens (including phenoxy) is 1. The molecule has 1 aliphatic rings. The van der Waals surface area contributed by atoms with E-state index in [1.54, 1.807) is 12.1 Å². The van der Waals surface area contributed by atoms with Gasteiger partial charge in [-0.2, -0.15) is 0 Å². The normalized spacial score (nSPS) is 11.8. The molecule has 0 aromatic heterocycles. The van der Waals surface area contributed by atoms with Gasteiger partial charge in [0.1, 0.15) is 6.61 Å². The van der Waals surface area contributed by atoms with Gasteiger partial charge in [0.15, 0.2) is 0 Å². The molecule has 0 saturated heterocycles. The second-order valence-electron chi connectivity index (χ2n) is 7.06. The summed E-state index contributed by atoms with van der Waals surface area (Å²) in [5.74, 6) is 5.97. The number of nitrogens with one attached hydrogen (secondary N) is 1. The zero-order valence-electron chi connectivity index (χ0n) is 16.4. The Hall–Kier alpha value is -2.64. The predicted octanol–water partition coefficient (Wildman–Crippen LogP) is 6.93. The Morgan fingerprint density at radius 2 is 1.52 bits per heavy atom. The number of hydrogen-bond acceptors (Lipinski definition) is 2. The third-order valence-corrected chi connectivity index (χ3v) is 6.28. The minimum Gasteiger partial charge on any atom is -0.449 e. The van der Waals surface area contributed by atoms with Crippen molar-refractivity contribution in [3.63, 3.8) is 0 Å². The summed E-state index contributed by atoms with van der Waals surface area (Å²) in [6, 6.07) is 19.8. The van der Waals surface area contributed by atoms with E-state index < -0.39 is 6.09 Å². The van der Waals surface area contributed by atoms with Crippen LogP contribution in [0.1, 0.15) is 29.0 Å². The number of halogens is 3. The first-order valence-corrected chi connectivity index (χ1v) is 10.9. The number of carbonyl (C=O) groups excluding carboxylic acids is 1. The number of benzene rings is 3. The molecule has 0 radical (unpaired) electrons. The molecule has 6 heteroatoms. The number of rotatable bonds is 4. The van der Waals surface area contributed by atoms with Crippen LogP contribution in [0.2, 0.25) is 15.1 Å². The molecule has 4 rings (SSSR count). The van der Waals surface area contributed by atoms with Crippen LogP contribution < -0.4 is 5.32 Å². The molecule has 31 heavy (non-hydrogen) atoms. The molecular weight excluding hydrogens is 453 g/mol. The van der Waals surface area contributed by atoms with Crippen molar-refractivity contribution in [3.05, 3.63) is 92.4 Å². The summed E-state index contributed by atoms with van der Waals surface area (Å²) < 4.78 is 5.50. The number of hydrogen-bond donors (Lipinski definition) is 1. The monoisotopic (exact) mass is 469 g/mol. The zero-order valence-corrected chi connectivity index (χ0v) is 18.7. The van der Waals surface area contributed by atoms with Crippen LogP contribution in [0.4, 0.5) is 4.79 Å². The van der Waals surface area contributed by atoms with E-state index in [9.17, 15) is 4.79 Å². The third kappa shape index (κ3) is 4.83. The minimum absolute atomic E-state index is 0.0392. The number of alkyl carbamates (subject to hydrolysis) is 1. The molecule has 3 nitrogen and oxygen atoms in total. The first-order valence-electron chi connectivity index (χ1n) is 9.77. The molecule has 0 bridgehead atoms. The van der Waals surface area contributed by atoms with Crippen molar-refractivity contribution in [2.45, 2.75) is 12.3 Å². The molecule has 0 fully saturated rings. The first kappa shape index (κ1) is 21.6. The summed E-state index contributed by atoms with van der Waals surface area (Å²) >= 11 is 17.9. The van der Waals surface area contributed by atoms with Crippen LogP contribution in [-0.2, 0) is 4.74 Å². The fourth-order valence-electron chi connectivity index (χ4n) is 3.67. The fourth-order valence-corrected chi connectivity index (χ4v) is 4.26. The van der Waals surface area contributed by atoms with Crippen molar-refractivity contribution < 1.29 is 9.53 Å². The van der Waals surface area contributed by atoms with Gasteiger partial charge in [-0.15, -0.1) is 0 Å². The average molecular weight is 471 g/mol. The lowest BCUT2D eigenvalue weighted by molar-refractivity contribution is 0.143. The Morgan fingerprint density at radius 3 is 2.13 bits per heavy atom. The molecule has 0 saturated carbocycles. The highest BCUT2D eigenvalue weighted by Crippen LogP contribution is 2.44. The van der Waals surface area contributed by atoms with Crippen LogP contribution in [0.25, 0.3) is 11.1 Å². The Bertz CT molecular complexity index is 1130. The van der Waals surface area contributed by atoms with Crippen LogP contribution in [0.15, 0.2) is 60.7 Å². The molecular formula is C25H18Cl3NO2. The Labute approximate surface area is 196 Å². The van der Waals surface area contributed by atoms with E-state index >= 15 is 0 Å². The Kier molecular flexibility index (Phi) is 6.73. The lowest BCUT2D eigenvalue weighted by Gasteiger charge is -2.14. The summed E-state index contributed by atoms with van der Waals surface area (Å²) in [5.41, 5.74) is 5.43. The largest absolute Gasteiger partial charge is 0.449 e. The maximum absolute atomic E-state index is 12.2. The first-order chi connectivity index (χ1) is 15.0. The predicted molar refractivity (Wildman–Crippen MR) is 126 cm³/mol. The van der Waals surface area contributed by atoms with Gasteiger partial charge < -0.3 is 10.1 Å². The topological polar surface area (TPSA) is 38.3 Å². The van der Waals surface area contributed by atoms with E-state index in [0.29, 0.717) is 33.6 Å². The quantitative estimate of drug-likeness (QED) is 0.255. The zero-order chi connectivity index (χ0) is 21.8. The maximum Gasteiger partial charge on any atom is 0.407 e. The molecule has 3 aromatic carbocycles. The van der Waals surface area contributed by atoms with Gasteiger partial charge in [-0.25, -0.2) is 4.79 Å². The van der Waals surface area contributed by atoms with E-state index in [0.717, 1.165) is 0 Å². The molecule has 0 spiro atoms. The maximum atomic E-state index is 12.2. The summed E-state index contributed by atoms with van der Waals surface area (Å²) in [5, 5.41) is 3.76. The minimum atomic E-state index is -0.457. The van der Waals surface area contributed by atoms with Crippen LogP contribution in [0.5, 0.6) is 0 Å². The Morgan fingerprint density at radius 1 is 0.935 bits per heavy atom. The molecule has 0 aliphatic heterocycles. The highest BCUT2D eigenvalue weighted by Gasteiger charge is 2.28. The number of amides is 1. The summed E-state index contributed by atoms with van der Waals surface area (Å²) in [6.07, 6.45) is 0.00320. The van der Waals surface area contributed by atoms with Crippen molar-refractivity contribution >= 4 is 40.9 Å². The second-order valence-corrected chi connectivity index (χ2v) is 8.25. The smallest absolute Gasteiger partial charge is 0.407 e. The van der Waals surface area contributed by atoms with Gasteiger partial charge in [0.05, 0.1) is 15.1 Å². The van der Waals surface area contributed by atoms with Gasteiger partial charge in [0.2, 0.25) is 0 Å². The SMILES string of the molecule is O=C(NCCC#Cc1cc(Cl)c(Cl)c(Cl)c1)OCC1c2ccccc2-c2ccccc21. The van der Waals surface area contributed by atoms with Gasteiger partial charge in [0.25, 0.3) is 0 Å². The summed E-state index contributed by atoms with van der Waals surface area (Å²) in [4.78, 5) is 12.2. The fraction of sp³-hybridized carbons (Fsp3) is 0.160. The van der Waals surface area contributed by atoms with Gasteiger partial charge in [-0.05, 0) is 34.4 Å². The van der Waals surface area contributed by atoms with E-state index in [-0.39, 0.29) is 12.5 Å². The van der Waals surface area contributed by atoms with E-state index in [4.69, 9.17) is 39.5 Å². The van der Waals surface area contributed by atoms with Gasteiger partial charge in [-0.3, -0.25) is 0 Å². The highest BCUT2D eigenvalue weighted by molar-refractivity contribution is 6.48. The molecule has 0 heterocycles. The van der Waals surface area contributed by atoms with Crippen molar-refractivity contribution in [2.75, 3.05) is 13.2 Å². The van der Waals surface area contributed by atoms with Crippen molar-refractivity contribution in [3.8, 4) is 23.0 Å². The number of carbonyl (C=O) groups is 1. The standard InChI is InChI=1S/C25H18Cl3NO2/c26-22-13-16(14-23(27)24(22)28)7-5-6-12-29-25(30)31-15-21-19-10-3-1-8-17(19)18-9-2-4-11-20(18)21/h1-4,8-11,13-14,21H,6,12,15H2,(H,29,30). The van der Waals surface area contributed by atoms with Crippen LogP contribution in [-0.4, -0.2) is 19.2 Å². The van der Waals surface area contributed by atoms with E-state index in [1.165, 1.54) is 22.3 Å². The Balaban J connectivity index is 1.29. The molecule has 0 atom stereocenters. The lowest BCUT2D eigenvalue weighted by atomic mass is 9.98.